The molecule has 2 saturated carbocycles. The van der Waals surface area contributed by atoms with Crippen LogP contribution in [-0.2, 0) is 6.42 Å². The molecule has 20 heavy (non-hydrogen) atoms. The first-order valence-corrected chi connectivity index (χ1v) is 7.74. The van der Waals surface area contributed by atoms with Crippen molar-refractivity contribution in [3.05, 3.63) is 34.6 Å². The van der Waals surface area contributed by atoms with Gasteiger partial charge in [-0.15, -0.1) is 0 Å². The Kier molecular flexibility index (Phi) is 3.02. The molecule has 0 aliphatic heterocycles. The van der Waals surface area contributed by atoms with Crippen molar-refractivity contribution in [3.8, 4) is 0 Å². The van der Waals surface area contributed by atoms with Crippen LogP contribution in [-0.4, -0.2) is 10.7 Å². The average molecular weight is 297 g/mol. The number of fused-ring (bicyclic) bond motifs is 2. The molecule has 0 aromatic heterocycles. The van der Waals surface area contributed by atoms with Crippen molar-refractivity contribution in [3.63, 3.8) is 0 Å². The molecule has 110 valence electrons. The lowest BCUT2D eigenvalue weighted by Gasteiger charge is -2.51. The van der Waals surface area contributed by atoms with Crippen LogP contribution >= 0.6 is 11.6 Å². The Morgan fingerprint density at radius 1 is 1.35 bits per heavy atom. The second-order valence-electron chi connectivity index (χ2n) is 7.46. The molecule has 3 atom stereocenters. The molecule has 0 saturated heterocycles. The predicted molar refractivity (Wildman–Crippen MR) is 79.3 cm³/mol. The second kappa shape index (κ2) is 4.20. The molecule has 0 spiro atoms. The van der Waals surface area contributed by atoms with Crippen LogP contribution in [0.25, 0.3) is 0 Å². The van der Waals surface area contributed by atoms with Gasteiger partial charge in [0.15, 0.2) is 0 Å². The summed E-state index contributed by atoms with van der Waals surface area (Å²) in [6, 6.07) is 4.73. The number of benzene rings is 1. The van der Waals surface area contributed by atoms with Crippen LogP contribution in [0.5, 0.6) is 0 Å². The first-order valence-electron chi connectivity index (χ1n) is 7.36. The van der Waals surface area contributed by atoms with E-state index in [1.165, 1.54) is 6.07 Å². The third kappa shape index (κ3) is 1.64. The van der Waals surface area contributed by atoms with Crippen molar-refractivity contribution in [2.75, 3.05) is 0 Å². The zero-order chi connectivity index (χ0) is 14.8. The van der Waals surface area contributed by atoms with E-state index >= 15 is 0 Å². The van der Waals surface area contributed by atoms with Crippen LogP contribution in [0.15, 0.2) is 18.2 Å². The highest BCUT2D eigenvalue weighted by atomic mass is 35.5. The number of halogens is 2. The van der Waals surface area contributed by atoms with Gasteiger partial charge in [-0.25, -0.2) is 4.39 Å². The Hall–Kier alpha value is -0.600. The Morgan fingerprint density at radius 3 is 2.60 bits per heavy atom. The fourth-order valence-electron chi connectivity index (χ4n) is 4.75. The fourth-order valence-corrected chi connectivity index (χ4v) is 4.98. The summed E-state index contributed by atoms with van der Waals surface area (Å²) in [5.41, 5.74) is -0.772. The average Bonchev–Trinajstić information content (AvgIpc) is 2.82. The highest BCUT2D eigenvalue weighted by molar-refractivity contribution is 6.31. The first kappa shape index (κ1) is 14.3. The number of aliphatic hydroxyl groups is 1. The van der Waals surface area contributed by atoms with E-state index in [-0.39, 0.29) is 16.6 Å². The zero-order valence-electron chi connectivity index (χ0n) is 12.3. The molecule has 1 N–H and O–H groups in total. The molecule has 0 radical (unpaired) electrons. The van der Waals surface area contributed by atoms with E-state index in [1.54, 1.807) is 12.1 Å². The molecule has 1 nitrogen and oxygen atoms in total. The lowest BCUT2D eigenvalue weighted by Crippen LogP contribution is -2.55. The maximum absolute atomic E-state index is 14.1. The van der Waals surface area contributed by atoms with Crippen LogP contribution in [0, 0.1) is 22.6 Å². The van der Waals surface area contributed by atoms with E-state index in [2.05, 4.69) is 20.8 Å². The number of hydrogen-bond acceptors (Lipinski definition) is 1. The molecule has 2 aliphatic rings. The van der Waals surface area contributed by atoms with Crippen molar-refractivity contribution in [1.29, 1.82) is 0 Å². The third-order valence-electron chi connectivity index (χ3n) is 6.32. The van der Waals surface area contributed by atoms with Crippen LogP contribution in [0.4, 0.5) is 4.39 Å². The topological polar surface area (TPSA) is 20.2 Å². The molecule has 0 heterocycles. The fraction of sp³-hybridized carbons (Fsp3) is 0.647. The quantitative estimate of drug-likeness (QED) is 0.846. The minimum Gasteiger partial charge on any atom is -0.388 e. The molecule has 2 aliphatic carbocycles. The largest absolute Gasteiger partial charge is 0.388 e. The van der Waals surface area contributed by atoms with E-state index in [9.17, 15) is 9.50 Å². The molecule has 1 aromatic carbocycles. The van der Waals surface area contributed by atoms with Crippen molar-refractivity contribution < 1.29 is 9.50 Å². The van der Waals surface area contributed by atoms with Crippen LogP contribution in [0.3, 0.4) is 0 Å². The lowest BCUT2D eigenvalue weighted by atomic mass is 9.58. The summed E-state index contributed by atoms with van der Waals surface area (Å²) in [7, 11) is 0. The Morgan fingerprint density at radius 2 is 2.05 bits per heavy atom. The van der Waals surface area contributed by atoms with Crippen LogP contribution < -0.4 is 0 Å². The Balaban J connectivity index is 2.05. The lowest BCUT2D eigenvalue weighted by molar-refractivity contribution is -0.142. The summed E-state index contributed by atoms with van der Waals surface area (Å²) < 4.78 is 14.1. The molecule has 0 amide bonds. The van der Waals surface area contributed by atoms with Gasteiger partial charge in [0, 0.05) is 17.0 Å². The predicted octanol–water partition coefficient (Wildman–Crippen LogP) is 4.60. The molecule has 3 rings (SSSR count). The maximum atomic E-state index is 14.1. The SMILES string of the molecule is CC12CCC(C1)C(C)(C)C2(O)Cc1c(F)cccc1Cl. The van der Waals surface area contributed by atoms with Gasteiger partial charge in [-0.2, -0.15) is 0 Å². The standard InChI is InChI=1S/C17H22ClFO/c1-15(2)11-7-8-16(3,9-11)17(15,20)10-12-13(18)5-4-6-14(12)19/h4-6,11,20H,7-10H2,1-3H3. The smallest absolute Gasteiger partial charge is 0.127 e. The van der Waals surface area contributed by atoms with E-state index in [0.29, 0.717) is 22.9 Å². The van der Waals surface area contributed by atoms with Gasteiger partial charge in [-0.1, -0.05) is 38.4 Å². The van der Waals surface area contributed by atoms with Crippen molar-refractivity contribution in [2.24, 2.45) is 16.7 Å². The van der Waals surface area contributed by atoms with Gasteiger partial charge in [0.25, 0.3) is 0 Å². The normalized spacial score (nSPS) is 38.4. The molecule has 2 fully saturated rings. The van der Waals surface area contributed by atoms with E-state index in [0.717, 1.165) is 19.3 Å². The van der Waals surface area contributed by atoms with Gasteiger partial charge in [-0.3, -0.25) is 0 Å². The molecular weight excluding hydrogens is 275 g/mol. The summed E-state index contributed by atoms with van der Waals surface area (Å²) >= 11 is 6.16. The zero-order valence-corrected chi connectivity index (χ0v) is 13.1. The minimum absolute atomic E-state index is 0.132. The maximum Gasteiger partial charge on any atom is 0.127 e. The first-order chi connectivity index (χ1) is 9.21. The van der Waals surface area contributed by atoms with Crippen LogP contribution in [0.1, 0.15) is 45.6 Å². The monoisotopic (exact) mass is 296 g/mol. The highest BCUT2D eigenvalue weighted by Gasteiger charge is 2.68. The van der Waals surface area contributed by atoms with Gasteiger partial charge in [-0.05, 0) is 48.1 Å². The van der Waals surface area contributed by atoms with Crippen molar-refractivity contribution in [1.82, 2.24) is 0 Å². The summed E-state index contributed by atoms with van der Waals surface area (Å²) in [6.45, 7) is 6.39. The van der Waals surface area contributed by atoms with E-state index < -0.39 is 5.60 Å². The Labute approximate surface area is 125 Å². The van der Waals surface area contributed by atoms with E-state index in [1.807, 2.05) is 0 Å². The minimum atomic E-state index is -0.894. The molecular formula is C17H22ClFO. The highest BCUT2D eigenvalue weighted by Crippen LogP contribution is 2.68. The summed E-state index contributed by atoms with van der Waals surface area (Å²) in [4.78, 5) is 0. The third-order valence-corrected chi connectivity index (χ3v) is 6.67. The van der Waals surface area contributed by atoms with E-state index in [4.69, 9.17) is 11.6 Å². The molecule has 3 unspecified atom stereocenters. The van der Waals surface area contributed by atoms with Crippen LogP contribution in [0.2, 0.25) is 5.02 Å². The second-order valence-corrected chi connectivity index (χ2v) is 7.87. The summed E-state index contributed by atoms with van der Waals surface area (Å²) in [5.74, 6) is 0.205. The molecule has 3 heteroatoms. The van der Waals surface area contributed by atoms with Gasteiger partial charge in [0.05, 0.1) is 5.60 Å². The van der Waals surface area contributed by atoms with Crippen molar-refractivity contribution in [2.45, 2.75) is 52.1 Å². The molecule has 2 bridgehead atoms. The molecule has 1 aromatic rings. The Bertz CT molecular complexity index is 529. The number of rotatable bonds is 2. The number of hydrogen-bond donors (Lipinski definition) is 1. The van der Waals surface area contributed by atoms with Crippen molar-refractivity contribution >= 4 is 11.6 Å². The van der Waals surface area contributed by atoms with Gasteiger partial charge in [0.2, 0.25) is 0 Å². The van der Waals surface area contributed by atoms with Gasteiger partial charge < -0.3 is 5.11 Å². The summed E-state index contributed by atoms with van der Waals surface area (Å²) in [6.07, 6.45) is 3.52. The van der Waals surface area contributed by atoms with Gasteiger partial charge in [0.1, 0.15) is 5.82 Å². The van der Waals surface area contributed by atoms with Gasteiger partial charge >= 0.3 is 0 Å². The summed E-state index contributed by atoms with van der Waals surface area (Å²) in [5, 5.41) is 11.9.